The summed E-state index contributed by atoms with van der Waals surface area (Å²) in [4.78, 5) is 3.68. The first-order valence-electron chi connectivity index (χ1n) is 8.35. The van der Waals surface area contributed by atoms with Crippen molar-refractivity contribution < 1.29 is 13.2 Å². The molecule has 1 aromatic carbocycles. The maximum absolute atomic E-state index is 12.7. The second kappa shape index (κ2) is 8.02. The number of aryl methyl sites for hydroxylation is 1. The van der Waals surface area contributed by atoms with E-state index < -0.39 is 11.7 Å². The molecule has 0 radical (unpaired) electrons. The molecule has 0 atom stereocenters. The number of nitrogens with zero attached hydrogens (tertiary/aromatic N) is 4. The van der Waals surface area contributed by atoms with Crippen LogP contribution in [0.5, 0.6) is 0 Å². The van der Waals surface area contributed by atoms with Gasteiger partial charge in [0.25, 0.3) is 0 Å². The number of aromatic nitrogens is 3. The Morgan fingerprint density at radius 1 is 1.21 bits per heavy atom. The second-order valence-electron chi connectivity index (χ2n) is 6.15. The molecule has 3 aromatic rings. The summed E-state index contributed by atoms with van der Waals surface area (Å²) in [5.74, 6) is 0.0397. The molecular weight excluding hydrogens is 391 g/mol. The van der Waals surface area contributed by atoms with Crippen LogP contribution >= 0.6 is 11.6 Å². The van der Waals surface area contributed by atoms with Crippen molar-refractivity contribution in [1.82, 2.24) is 14.8 Å². The number of anilines is 1. The van der Waals surface area contributed by atoms with Gasteiger partial charge in [-0.25, -0.2) is 4.98 Å². The second-order valence-corrected chi connectivity index (χ2v) is 6.56. The van der Waals surface area contributed by atoms with Gasteiger partial charge in [0.15, 0.2) is 5.82 Å². The van der Waals surface area contributed by atoms with Crippen LogP contribution in [0.4, 0.5) is 19.0 Å². The van der Waals surface area contributed by atoms with E-state index in [4.69, 9.17) is 11.6 Å². The lowest BCUT2D eigenvalue weighted by molar-refractivity contribution is -0.137. The third-order valence-electron chi connectivity index (χ3n) is 4.15. The molecule has 0 spiro atoms. The van der Waals surface area contributed by atoms with E-state index in [-0.39, 0.29) is 10.8 Å². The minimum atomic E-state index is -4.50. The fraction of sp³-hybridized carbons (Fsp3) is 0.211. The summed E-state index contributed by atoms with van der Waals surface area (Å²) in [6.07, 6.45) is -2.24. The van der Waals surface area contributed by atoms with E-state index >= 15 is 0 Å². The summed E-state index contributed by atoms with van der Waals surface area (Å²) < 4.78 is 39.9. The minimum absolute atomic E-state index is 0.0397. The average molecular weight is 408 g/mol. The number of nitrogens with one attached hydrogen (secondary N) is 1. The Bertz CT molecular complexity index is 997. The van der Waals surface area contributed by atoms with Gasteiger partial charge in [0.05, 0.1) is 29.0 Å². The Morgan fingerprint density at radius 3 is 2.57 bits per heavy atom. The summed E-state index contributed by atoms with van der Waals surface area (Å²) >= 11 is 5.86. The van der Waals surface area contributed by atoms with Gasteiger partial charge in [-0.15, -0.1) is 0 Å². The van der Waals surface area contributed by atoms with E-state index in [0.717, 1.165) is 28.6 Å². The molecule has 2 heterocycles. The summed E-state index contributed by atoms with van der Waals surface area (Å²) in [7, 11) is 0. The Balaban J connectivity index is 1.74. The molecule has 0 saturated heterocycles. The van der Waals surface area contributed by atoms with E-state index in [2.05, 4.69) is 20.6 Å². The van der Waals surface area contributed by atoms with Gasteiger partial charge in [-0.3, -0.25) is 10.1 Å². The first-order chi connectivity index (χ1) is 13.3. The van der Waals surface area contributed by atoms with E-state index in [9.17, 15) is 13.2 Å². The van der Waals surface area contributed by atoms with Gasteiger partial charge in [-0.1, -0.05) is 41.9 Å². The van der Waals surface area contributed by atoms with Gasteiger partial charge in [0.1, 0.15) is 0 Å². The Morgan fingerprint density at radius 2 is 1.93 bits per heavy atom. The highest BCUT2D eigenvalue weighted by atomic mass is 35.5. The smallest absolute Gasteiger partial charge is 0.265 e. The number of halogens is 4. The van der Waals surface area contributed by atoms with E-state index in [0.29, 0.717) is 12.7 Å². The quantitative estimate of drug-likeness (QED) is 0.475. The maximum atomic E-state index is 12.7. The monoisotopic (exact) mass is 407 g/mol. The first kappa shape index (κ1) is 19.9. The van der Waals surface area contributed by atoms with Gasteiger partial charge in [0.2, 0.25) is 0 Å². The normalized spacial score (nSPS) is 11.9. The largest absolute Gasteiger partial charge is 0.417 e. The molecule has 0 unspecified atom stereocenters. The van der Waals surface area contributed by atoms with Crippen molar-refractivity contribution in [2.75, 3.05) is 5.43 Å². The summed E-state index contributed by atoms with van der Waals surface area (Å²) in [6.45, 7) is 4.41. The van der Waals surface area contributed by atoms with E-state index in [1.54, 1.807) is 6.21 Å². The zero-order valence-corrected chi connectivity index (χ0v) is 15.9. The first-order valence-corrected chi connectivity index (χ1v) is 8.73. The van der Waals surface area contributed by atoms with Gasteiger partial charge in [-0.2, -0.15) is 23.4 Å². The molecule has 0 aliphatic heterocycles. The lowest BCUT2D eigenvalue weighted by Crippen LogP contribution is -2.06. The van der Waals surface area contributed by atoms with Crippen LogP contribution in [0.25, 0.3) is 0 Å². The number of alkyl halides is 3. The summed E-state index contributed by atoms with van der Waals surface area (Å²) in [5, 5.41) is 8.40. The number of benzene rings is 1. The lowest BCUT2D eigenvalue weighted by Gasteiger charge is -2.08. The van der Waals surface area contributed by atoms with Crippen molar-refractivity contribution in [2.24, 2.45) is 5.10 Å². The van der Waals surface area contributed by atoms with Gasteiger partial charge >= 0.3 is 6.18 Å². The highest BCUT2D eigenvalue weighted by Gasteiger charge is 2.31. The van der Waals surface area contributed by atoms with Crippen molar-refractivity contribution in [3.8, 4) is 0 Å². The van der Waals surface area contributed by atoms with Crippen LogP contribution in [0.2, 0.25) is 5.02 Å². The zero-order valence-electron chi connectivity index (χ0n) is 15.1. The van der Waals surface area contributed by atoms with E-state index in [1.165, 1.54) is 0 Å². The molecule has 9 heteroatoms. The predicted octanol–water partition coefficient (Wildman–Crippen LogP) is 5.06. The molecule has 0 bridgehead atoms. The molecular formula is C19H17ClF3N5. The van der Waals surface area contributed by atoms with Crippen LogP contribution in [0, 0.1) is 13.8 Å². The fourth-order valence-corrected chi connectivity index (χ4v) is 2.85. The van der Waals surface area contributed by atoms with Gasteiger partial charge < -0.3 is 0 Å². The lowest BCUT2D eigenvalue weighted by atomic mass is 10.2. The van der Waals surface area contributed by atoms with Gasteiger partial charge in [0, 0.05) is 17.5 Å². The Hall–Kier alpha value is -2.87. The van der Waals surface area contributed by atoms with Crippen molar-refractivity contribution in [2.45, 2.75) is 26.6 Å². The van der Waals surface area contributed by atoms with Gasteiger partial charge in [-0.05, 0) is 25.5 Å². The number of hydrogen-bond donors (Lipinski definition) is 1. The van der Waals surface area contributed by atoms with Crippen molar-refractivity contribution in [3.05, 3.63) is 75.7 Å². The molecule has 146 valence electrons. The number of hydrazone groups is 1. The standard InChI is InChI=1S/C19H17ClF3N5/c1-12-16(13(2)28(27-12)11-14-6-4-3-5-7-14)10-25-26-18-17(20)8-15(9-24-18)19(21,22)23/h3-10H,11H2,1-2H3,(H,24,26)/b25-10-. The van der Waals surface area contributed by atoms with Crippen LogP contribution < -0.4 is 5.43 Å². The summed E-state index contributed by atoms with van der Waals surface area (Å²) in [6, 6.07) is 10.7. The van der Waals surface area contributed by atoms with Crippen molar-refractivity contribution in [3.63, 3.8) is 0 Å². The SMILES string of the molecule is Cc1nn(Cc2ccccc2)c(C)c1/C=N\Nc1ncc(C(F)(F)F)cc1Cl. The molecule has 3 rings (SSSR count). The number of hydrogen-bond acceptors (Lipinski definition) is 4. The molecule has 1 N–H and O–H groups in total. The zero-order chi connectivity index (χ0) is 20.3. The molecule has 0 amide bonds. The maximum Gasteiger partial charge on any atom is 0.417 e. The van der Waals surface area contributed by atoms with Crippen LogP contribution in [-0.4, -0.2) is 21.0 Å². The van der Waals surface area contributed by atoms with Crippen LogP contribution in [-0.2, 0) is 12.7 Å². The number of rotatable bonds is 5. The molecule has 5 nitrogen and oxygen atoms in total. The Labute approximate surface area is 164 Å². The average Bonchev–Trinajstić information content (AvgIpc) is 2.90. The minimum Gasteiger partial charge on any atom is -0.265 e. The molecule has 0 aliphatic rings. The highest BCUT2D eigenvalue weighted by molar-refractivity contribution is 6.32. The molecule has 0 fully saturated rings. The topological polar surface area (TPSA) is 55.1 Å². The molecule has 0 saturated carbocycles. The van der Waals surface area contributed by atoms with E-state index in [1.807, 2.05) is 48.9 Å². The summed E-state index contributed by atoms with van der Waals surface area (Å²) in [5.41, 5.74) is 5.29. The fourth-order valence-electron chi connectivity index (χ4n) is 2.64. The molecule has 0 aliphatic carbocycles. The van der Waals surface area contributed by atoms with Crippen molar-refractivity contribution >= 4 is 23.6 Å². The molecule has 2 aromatic heterocycles. The van der Waals surface area contributed by atoms with Crippen LogP contribution in [0.15, 0.2) is 47.7 Å². The van der Waals surface area contributed by atoms with Crippen molar-refractivity contribution in [1.29, 1.82) is 0 Å². The third kappa shape index (κ3) is 4.51. The predicted molar refractivity (Wildman–Crippen MR) is 103 cm³/mol. The highest BCUT2D eigenvalue weighted by Crippen LogP contribution is 2.32. The van der Waals surface area contributed by atoms with Crippen LogP contribution in [0.3, 0.4) is 0 Å². The molecule has 28 heavy (non-hydrogen) atoms. The third-order valence-corrected chi connectivity index (χ3v) is 4.43. The number of pyridine rings is 1. The van der Waals surface area contributed by atoms with Crippen LogP contribution in [0.1, 0.15) is 28.1 Å². The Kier molecular flexibility index (Phi) is 5.69.